The van der Waals surface area contributed by atoms with Crippen LogP contribution >= 0.6 is 15.9 Å². The second-order valence-electron chi connectivity index (χ2n) is 4.37. The lowest BCUT2D eigenvalue weighted by Crippen LogP contribution is -2.30. The molecule has 0 radical (unpaired) electrons. The van der Waals surface area contributed by atoms with Crippen molar-refractivity contribution in [1.82, 2.24) is 5.32 Å². The Morgan fingerprint density at radius 2 is 1.89 bits per heavy atom. The summed E-state index contributed by atoms with van der Waals surface area (Å²) in [7, 11) is 0. The van der Waals surface area contributed by atoms with E-state index in [-0.39, 0.29) is 12.0 Å². The number of nitrogens with one attached hydrogen (secondary N) is 1. The zero-order chi connectivity index (χ0) is 13.9. The molecule has 0 bridgehead atoms. The number of halogens is 4. The molecule has 0 heterocycles. The SMILES string of the molecule is CCNC(C)C(C)c1ccc(C(F)(F)F)cc1Br. The molecule has 18 heavy (non-hydrogen) atoms. The van der Waals surface area contributed by atoms with Gasteiger partial charge in [-0.15, -0.1) is 0 Å². The predicted molar refractivity (Wildman–Crippen MR) is 70.7 cm³/mol. The quantitative estimate of drug-likeness (QED) is 0.855. The van der Waals surface area contributed by atoms with E-state index in [4.69, 9.17) is 0 Å². The van der Waals surface area contributed by atoms with Crippen molar-refractivity contribution in [3.63, 3.8) is 0 Å². The molecule has 0 spiro atoms. The number of rotatable bonds is 4. The largest absolute Gasteiger partial charge is 0.416 e. The van der Waals surface area contributed by atoms with Crippen LogP contribution in [-0.4, -0.2) is 12.6 Å². The maximum absolute atomic E-state index is 12.5. The van der Waals surface area contributed by atoms with Crippen molar-refractivity contribution in [2.24, 2.45) is 0 Å². The fourth-order valence-electron chi connectivity index (χ4n) is 1.84. The van der Waals surface area contributed by atoms with Crippen molar-refractivity contribution in [3.05, 3.63) is 33.8 Å². The van der Waals surface area contributed by atoms with E-state index >= 15 is 0 Å². The van der Waals surface area contributed by atoms with E-state index < -0.39 is 11.7 Å². The van der Waals surface area contributed by atoms with Crippen LogP contribution in [0.15, 0.2) is 22.7 Å². The van der Waals surface area contributed by atoms with Crippen molar-refractivity contribution >= 4 is 15.9 Å². The molecule has 0 fully saturated rings. The summed E-state index contributed by atoms with van der Waals surface area (Å²) in [6.07, 6.45) is -4.29. The van der Waals surface area contributed by atoms with Gasteiger partial charge in [-0.3, -0.25) is 0 Å². The van der Waals surface area contributed by atoms with Crippen molar-refractivity contribution in [2.75, 3.05) is 6.54 Å². The molecule has 1 rings (SSSR count). The number of alkyl halides is 3. The Morgan fingerprint density at radius 3 is 2.33 bits per heavy atom. The Hall–Kier alpha value is -0.550. The van der Waals surface area contributed by atoms with Crippen LogP contribution in [0.5, 0.6) is 0 Å². The van der Waals surface area contributed by atoms with Crippen LogP contribution in [0.3, 0.4) is 0 Å². The lowest BCUT2D eigenvalue weighted by atomic mass is 9.93. The van der Waals surface area contributed by atoms with Gasteiger partial charge in [0.1, 0.15) is 0 Å². The maximum Gasteiger partial charge on any atom is 0.416 e. The maximum atomic E-state index is 12.5. The third-order valence-electron chi connectivity index (χ3n) is 3.09. The second-order valence-corrected chi connectivity index (χ2v) is 5.22. The van der Waals surface area contributed by atoms with Crippen LogP contribution in [0.2, 0.25) is 0 Å². The van der Waals surface area contributed by atoms with Gasteiger partial charge >= 0.3 is 6.18 Å². The summed E-state index contributed by atoms with van der Waals surface area (Å²) in [6.45, 7) is 6.87. The Bertz CT molecular complexity index is 404. The van der Waals surface area contributed by atoms with Gasteiger partial charge in [-0.1, -0.05) is 35.8 Å². The summed E-state index contributed by atoms with van der Waals surface area (Å²) >= 11 is 3.23. The van der Waals surface area contributed by atoms with E-state index in [1.165, 1.54) is 0 Å². The minimum Gasteiger partial charge on any atom is -0.314 e. The standard InChI is InChI=1S/C13H17BrF3N/c1-4-18-9(3)8(2)11-6-5-10(7-12(11)14)13(15,16)17/h5-9,18H,4H2,1-3H3. The van der Waals surface area contributed by atoms with Gasteiger partial charge in [-0.2, -0.15) is 13.2 Å². The minimum atomic E-state index is -4.29. The van der Waals surface area contributed by atoms with Crippen molar-refractivity contribution < 1.29 is 13.2 Å². The number of hydrogen-bond acceptors (Lipinski definition) is 1. The summed E-state index contributed by atoms with van der Waals surface area (Å²) in [6, 6.07) is 4.04. The third kappa shape index (κ3) is 3.72. The molecule has 1 aromatic carbocycles. The Kier molecular flexibility index (Phi) is 5.22. The smallest absolute Gasteiger partial charge is 0.314 e. The molecule has 5 heteroatoms. The lowest BCUT2D eigenvalue weighted by Gasteiger charge is -2.22. The van der Waals surface area contributed by atoms with Crippen LogP contribution < -0.4 is 5.32 Å². The zero-order valence-electron chi connectivity index (χ0n) is 10.6. The van der Waals surface area contributed by atoms with E-state index in [9.17, 15) is 13.2 Å². The van der Waals surface area contributed by atoms with Gasteiger partial charge in [0, 0.05) is 10.5 Å². The molecule has 0 aliphatic rings. The first-order valence-electron chi connectivity index (χ1n) is 5.87. The van der Waals surface area contributed by atoms with E-state index in [0.717, 1.165) is 24.2 Å². The highest BCUT2D eigenvalue weighted by Crippen LogP contribution is 2.35. The van der Waals surface area contributed by atoms with E-state index in [0.29, 0.717) is 4.47 Å². The van der Waals surface area contributed by atoms with Crippen LogP contribution in [0.1, 0.15) is 37.8 Å². The van der Waals surface area contributed by atoms with Gasteiger partial charge < -0.3 is 5.32 Å². The molecule has 0 saturated carbocycles. The number of likely N-dealkylation sites (N-methyl/N-ethyl adjacent to an activating group) is 1. The highest BCUT2D eigenvalue weighted by molar-refractivity contribution is 9.10. The number of hydrogen-bond donors (Lipinski definition) is 1. The molecule has 1 aromatic rings. The van der Waals surface area contributed by atoms with Gasteiger partial charge in [0.2, 0.25) is 0 Å². The molecular weight excluding hydrogens is 307 g/mol. The Morgan fingerprint density at radius 1 is 1.28 bits per heavy atom. The highest BCUT2D eigenvalue weighted by atomic mass is 79.9. The summed E-state index contributed by atoms with van der Waals surface area (Å²) in [5.41, 5.74) is 0.262. The van der Waals surface area contributed by atoms with E-state index in [1.807, 2.05) is 20.8 Å². The highest BCUT2D eigenvalue weighted by Gasteiger charge is 2.31. The molecular formula is C13H17BrF3N. The summed E-state index contributed by atoms with van der Waals surface area (Å²) < 4.78 is 38.1. The van der Waals surface area contributed by atoms with E-state index in [1.54, 1.807) is 6.07 Å². The first-order valence-corrected chi connectivity index (χ1v) is 6.66. The predicted octanol–water partition coefficient (Wildman–Crippen LogP) is 4.57. The van der Waals surface area contributed by atoms with Crippen LogP contribution in [0.4, 0.5) is 13.2 Å². The minimum absolute atomic E-state index is 0.140. The molecule has 0 aromatic heterocycles. The van der Waals surface area contributed by atoms with Gasteiger partial charge in [-0.05, 0) is 37.1 Å². The fourth-order valence-corrected chi connectivity index (χ4v) is 2.58. The first-order chi connectivity index (χ1) is 8.27. The summed E-state index contributed by atoms with van der Waals surface area (Å²) in [5, 5.41) is 3.27. The van der Waals surface area contributed by atoms with Gasteiger partial charge in [-0.25, -0.2) is 0 Å². The zero-order valence-corrected chi connectivity index (χ0v) is 12.2. The third-order valence-corrected chi connectivity index (χ3v) is 3.78. The molecule has 0 aliphatic heterocycles. The summed E-state index contributed by atoms with van der Waals surface area (Å²) in [5.74, 6) is 0.140. The van der Waals surface area contributed by atoms with Crippen LogP contribution in [-0.2, 0) is 6.18 Å². The van der Waals surface area contributed by atoms with Crippen molar-refractivity contribution in [3.8, 4) is 0 Å². The monoisotopic (exact) mass is 323 g/mol. The average Bonchev–Trinajstić information content (AvgIpc) is 2.27. The average molecular weight is 324 g/mol. The van der Waals surface area contributed by atoms with Crippen LogP contribution in [0, 0.1) is 0 Å². The number of benzene rings is 1. The van der Waals surface area contributed by atoms with Gasteiger partial charge in [0.05, 0.1) is 5.56 Å². The van der Waals surface area contributed by atoms with Crippen LogP contribution in [0.25, 0.3) is 0 Å². The molecule has 0 aliphatic carbocycles. The Balaban J connectivity index is 2.99. The fraction of sp³-hybridized carbons (Fsp3) is 0.538. The molecule has 102 valence electrons. The lowest BCUT2D eigenvalue weighted by molar-refractivity contribution is -0.137. The molecule has 2 unspecified atom stereocenters. The van der Waals surface area contributed by atoms with Gasteiger partial charge in [0.15, 0.2) is 0 Å². The first kappa shape index (κ1) is 15.5. The van der Waals surface area contributed by atoms with Crippen molar-refractivity contribution in [2.45, 2.75) is 38.9 Å². The molecule has 1 N–H and O–H groups in total. The molecule has 2 atom stereocenters. The Labute approximate surface area is 114 Å². The summed E-state index contributed by atoms with van der Waals surface area (Å²) in [4.78, 5) is 0. The van der Waals surface area contributed by atoms with E-state index in [2.05, 4.69) is 21.2 Å². The normalized spacial score (nSPS) is 15.5. The van der Waals surface area contributed by atoms with Gasteiger partial charge in [0.25, 0.3) is 0 Å². The van der Waals surface area contributed by atoms with Crippen molar-refractivity contribution in [1.29, 1.82) is 0 Å². The topological polar surface area (TPSA) is 12.0 Å². The molecule has 0 saturated heterocycles. The molecule has 1 nitrogen and oxygen atoms in total. The second kappa shape index (κ2) is 6.06. The molecule has 0 amide bonds.